The Labute approximate surface area is 211 Å². The monoisotopic (exact) mass is 532 g/mol. The second-order valence-corrected chi connectivity index (χ2v) is 30.3. The second kappa shape index (κ2) is 10.5. The van der Waals surface area contributed by atoms with Crippen LogP contribution in [0.2, 0.25) is 78.6 Å². The van der Waals surface area contributed by atoms with Crippen molar-refractivity contribution in [2.24, 2.45) is 0 Å². The van der Waals surface area contributed by atoms with Gasteiger partial charge < -0.3 is 17.7 Å². The first-order valence-electron chi connectivity index (χ1n) is 12.0. The molecule has 0 aliphatic carbocycles. The maximum absolute atomic E-state index is 6.38. The van der Waals surface area contributed by atoms with E-state index < -0.39 is 33.3 Å². The average Bonchev–Trinajstić information content (AvgIpc) is 2.59. The molecule has 0 aromatic heterocycles. The molecule has 0 heterocycles. The topological polar surface area (TPSA) is 36.9 Å². The van der Waals surface area contributed by atoms with Gasteiger partial charge in [-0.1, -0.05) is 24.3 Å². The lowest BCUT2D eigenvalue weighted by molar-refractivity contribution is 0.489. The molecule has 0 amide bonds. The highest BCUT2D eigenvalue weighted by Gasteiger charge is 2.24. The van der Waals surface area contributed by atoms with E-state index in [2.05, 4.69) is 115 Å². The fraction of sp³-hybridized carbons (Fsp3) is 0.462. The largest absolute Gasteiger partial charge is 0.542 e. The minimum Gasteiger partial charge on any atom is -0.542 e. The van der Waals surface area contributed by atoms with Crippen molar-refractivity contribution >= 4 is 45.4 Å². The standard InChI is InChI=1S/C26H44O4Si4/c1-31(2,3)27-23-17-15-21(19-25(23)29-33(7,8)9)13-14-22-16-18-24(28-32(4,5)6)26(20-22)30-34(10,11)12/h13-20H,1-12H3/b14-13+. The highest BCUT2D eigenvalue weighted by molar-refractivity contribution is 6.72. The molecule has 0 fully saturated rings. The number of rotatable bonds is 10. The summed E-state index contributed by atoms with van der Waals surface area (Å²) in [4.78, 5) is 0. The maximum Gasteiger partial charge on any atom is 0.242 e. The van der Waals surface area contributed by atoms with Gasteiger partial charge in [-0.2, -0.15) is 0 Å². The first kappa shape index (κ1) is 28.5. The highest BCUT2D eigenvalue weighted by atomic mass is 28.4. The van der Waals surface area contributed by atoms with E-state index in [0.29, 0.717) is 0 Å². The van der Waals surface area contributed by atoms with Crippen molar-refractivity contribution in [1.29, 1.82) is 0 Å². The molecule has 34 heavy (non-hydrogen) atoms. The van der Waals surface area contributed by atoms with Crippen LogP contribution in [0, 0.1) is 0 Å². The van der Waals surface area contributed by atoms with Gasteiger partial charge in [0.15, 0.2) is 0 Å². The van der Waals surface area contributed by atoms with Crippen molar-refractivity contribution in [3.8, 4) is 23.0 Å². The minimum absolute atomic E-state index is 0.838. The van der Waals surface area contributed by atoms with Gasteiger partial charge in [0, 0.05) is 0 Å². The molecule has 0 aliphatic rings. The Hall–Kier alpha value is -1.75. The predicted molar refractivity (Wildman–Crippen MR) is 158 cm³/mol. The Kier molecular flexibility index (Phi) is 8.77. The molecule has 0 bridgehead atoms. The zero-order valence-electron chi connectivity index (χ0n) is 23.3. The lowest BCUT2D eigenvalue weighted by Gasteiger charge is -2.26. The van der Waals surface area contributed by atoms with Gasteiger partial charge >= 0.3 is 0 Å². The Bertz CT molecular complexity index is 926. The Balaban J connectivity index is 2.39. The molecule has 2 rings (SSSR count). The third-order valence-corrected chi connectivity index (χ3v) is 7.40. The summed E-state index contributed by atoms with van der Waals surface area (Å²) >= 11 is 0. The Morgan fingerprint density at radius 3 is 0.941 bits per heavy atom. The number of hydrogen-bond acceptors (Lipinski definition) is 4. The lowest BCUT2D eigenvalue weighted by Crippen LogP contribution is -2.32. The van der Waals surface area contributed by atoms with E-state index in [-0.39, 0.29) is 0 Å². The van der Waals surface area contributed by atoms with Crippen LogP contribution in [0.5, 0.6) is 23.0 Å². The Morgan fingerprint density at radius 1 is 0.412 bits per heavy atom. The van der Waals surface area contributed by atoms with Crippen LogP contribution >= 0.6 is 0 Å². The van der Waals surface area contributed by atoms with Crippen LogP contribution in [0.25, 0.3) is 12.2 Å². The molecular weight excluding hydrogens is 489 g/mol. The third kappa shape index (κ3) is 10.7. The van der Waals surface area contributed by atoms with E-state index in [4.69, 9.17) is 17.7 Å². The minimum atomic E-state index is -1.78. The molecule has 0 N–H and O–H groups in total. The maximum atomic E-state index is 6.38. The van der Waals surface area contributed by atoms with Gasteiger partial charge in [0.2, 0.25) is 33.3 Å². The van der Waals surface area contributed by atoms with Crippen molar-refractivity contribution in [1.82, 2.24) is 0 Å². The van der Waals surface area contributed by atoms with Crippen LogP contribution in [0.1, 0.15) is 11.1 Å². The van der Waals surface area contributed by atoms with Crippen LogP contribution in [0.3, 0.4) is 0 Å². The molecule has 188 valence electrons. The molecule has 8 heteroatoms. The van der Waals surface area contributed by atoms with E-state index in [1.165, 1.54) is 0 Å². The molecule has 0 radical (unpaired) electrons. The molecule has 0 atom stereocenters. The van der Waals surface area contributed by atoms with Crippen molar-refractivity contribution < 1.29 is 17.7 Å². The summed E-state index contributed by atoms with van der Waals surface area (Å²) in [5.41, 5.74) is 2.15. The smallest absolute Gasteiger partial charge is 0.242 e. The van der Waals surface area contributed by atoms with E-state index in [1.807, 2.05) is 12.1 Å². The third-order valence-electron chi connectivity index (χ3n) is 4.07. The van der Waals surface area contributed by atoms with Crippen molar-refractivity contribution in [2.75, 3.05) is 0 Å². The molecule has 0 saturated heterocycles. The van der Waals surface area contributed by atoms with Crippen molar-refractivity contribution in [2.45, 2.75) is 78.6 Å². The predicted octanol–water partition coefficient (Wildman–Crippen LogP) is 8.71. The van der Waals surface area contributed by atoms with E-state index >= 15 is 0 Å². The fourth-order valence-electron chi connectivity index (χ4n) is 3.10. The van der Waals surface area contributed by atoms with Gasteiger partial charge in [-0.05, 0) is 114 Å². The molecule has 0 unspecified atom stereocenters. The summed E-state index contributed by atoms with van der Waals surface area (Å²) in [6.07, 6.45) is 4.23. The van der Waals surface area contributed by atoms with Crippen LogP contribution in [0.15, 0.2) is 36.4 Å². The molecule has 2 aromatic carbocycles. The van der Waals surface area contributed by atoms with Crippen LogP contribution < -0.4 is 17.7 Å². The SMILES string of the molecule is C[Si](C)(C)Oc1ccc(/C=C/c2ccc(O[Si](C)(C)C)c(O[Si](C)(C)C)c2)cc1O[Si](C)(C)C. The molecule has 4 nitrogen and oxygen atoms in total. The average molecular weight is 533 g/mol. The van der Waals surface area contributed by atoms with E-state index in [1.54, 1.807) is 0 Å². The number of hydrogen-bond donors (Lipinski definition) is 0. The molecular formula is C26H44O4Si4. The molecule has 0 spiro atoms. The van der Waals surface area contributed by atoms with Gasteiger partial charge in [-0.15, -0.1) is 0 Å². The second-order valence-electron chi connectivity index (χ2n) is 12.6. The van der Waals surface area contributed by atoms with Crippen LogP contribution in [0.4, 0.5) is 0 Å². The first-order valence-corrected chi connectivity index (χ1v) is 25.7. The summed E-state index contributed by atoms with van der Waals surface area (Å²) in [6, 6.07) is 12.4. The van der Waals surface area contributed by atoms with Crippen LogP contribution in [-0.2, 0) is 0 Å². The Morgan fingerprint density at radius 2 is 0.676 bits per heavy atom. The summed E-state index contributed by atoms with van der Waals surface area (Å²) in [5.74, 6) is 3.37. The van der Waals surface area contributed by atoms with Crippen molar-refractivity contribution in [3.05, 3.63) is 47.5 Å². The quantitative estimate of drug-likeness (QED) is 0.226. The molecule has 0 aliphatic heterocycles. The van der Waals surface area contributed by atoms with Crippen LogP contribution in [-0.4, -0.2) is 33.3 Å². The normalized spacial score (nSPS) is 13.2. The summed E-state index contributed by atoms with van der Waals surface area (Å²) in [6.45, 7) is 26.3. The molecule has 2 aromatic rings. The van der Waals surface area contributed by atoms with E-state index in [9.17, 15) is 0 Å². The first-order chi connectivity index (χ1) is 15.3. The van der Waals surface area contributed by atoms with Gasteiger partial charge in [-0.25, -0.2) is 0 Å². The summed E-state index contributed by atoms with van der Waals surface area (Å²) in [7, 11) is -7.05. The highest BCUT2D eigenvalue weighted by Crippen LogP contribution is 2.35. The fourth-order valence-corrected chi connectivity index (χ4v) is 6.39. The number of benzene rings is 2. The van der Waals surface area contributed by atoms with Gasteiger partial charge in [0.05, 0.1) is 0 Å². The van der Waals surface area contributed by atoms with Gasteiger partial charge in [0.1, 0.15) is 23.0 Å². The summed E-state index contributed by atoms with van der Waals surface area (Å²) < 4.78 is 25.4. The van der Waals surface area contributed by atoms with Gasteiger partial charge in [-0.3, -0.25) is 0 Å². The van der Waals surface area contributed by atoms with Crippen molar-refractivity contribution in [3.63, 3.8) is 0 Å². The molecule has 0 saturated carbocycles. The zero-order chi connectivity index (χ0) is 25.9. The lowest BCUT2D eigenvalue weighted by atomic mass is 10.1. The van der Waals surface area contributed by atoms with Gasteiger partial charge in [0.25, 0.3) is 0 Å². The summed E-state index contributed by atoms with van der Waals surface area (Å²) in [5, 5.41) is 0. The zero-order valence-corrected chi connectivity index (χ0v) is 27.3. The van der Waals surface area contributed by atoms with E-state index in [0.717, 1.165) is 34.1 Å².